The molecule has 2 amide bonds. The Morgan fingerprint density at radius 3 is 2.78 bits per heavy atom. The molecule has 6 heteroatoms. The molecule has 1 atom stereocenters. The van der Waals surface area contributed by atoms with Gasteiger partial charge in [0.15, 0.2) is 0 Å². The second kappa shape index (κ2) is 7.71. The first-order chi connectivity index (χ1) is 13.1. The summed E-state index contributed by atoms with van der Waals surface area (Å²) in [5, 5.41) is 3.22. The summed E-state index contributed by atoms with van der Waals surface area (Å²) in [5.41, 5.74) is 2.35. The second-order valence-corrected chi connectivity index (χ2v) is 8.03. The fraction of sp³-hybridized carbons (Fsp3) is 0.571. The Hall–Kier alpha value is -2.37. The van der Waals surface area contributed by atoms with E-state index in [1.807, 2.05) is 29.7 Å². The summed E-state index contributed by atoms with van der Waals surface area (Å²) >= 11 is 0. The number of nitrogens with zero attached hydrogens (tertiary/aromatic N) is 3. The van der Waals surface area contributed by atoms with Gasteiger partial charge in [-0.2, -0.15) is 0 Å². The maximum atomic E-state index is 12.9. The smallest absolute Gasteiger partial charge is 0.274 e. The van der Waals surface area contributed by atoms with Gasteiger partial charge in [-0.05, 0) is 50.3 Å². The predicted molar refractivity (Wildman–Crippen MR) is 104 cm³/mol. The number of hydrogen-bond acceptors (Lipinski definition) is 3. The van der Waals surface area contributed by atoms with Crippen molar-refractivity contribution in [2.24, 2.45) is 5.92 Å². The van der Waals surface area contributed by atoms with Gasteiger partial charge in [0, 0.05) is 31.5 Å². The third kappa shape index (κ3) is 3.99. The minimum Gasteiger partial charge on any atom is -0.353 e. The standard InChI is InChI=1S/C21H28N4O2/c1-15-9-11-24-14-18(23-19(24)12-15)21(27)25-10-5-6-16(13-25)20(26)22-17-7-3-2-4-8-17/h9,11-12,14,16-17H,2-8,10,13H2,1H3,(H,22,26)/t16-/m0/s1. The molecule has 0 unspecified atom stereocenters. The van der Waals surface area contributed by atoms with Crippen molar-refractivity contribution in [3.05, 3.63) is 35.8 Å². The average molecular weight is 368 g/mol. The molecule has 4 rings (SSSR count). The zero-order valence-corrected chi connectivity index (χ0v) is 16.0. The van der Waals surface area contributed by atoms with E-state index in [0.717, 1.165) is 36.9 Å². The number of rotatable bonds is 3. The van der Waals surface area contributed by atoms with Crippen LogP contribution in [0.5, 0.6) is 0 Å². The number of nitrogens with one attached hydrogen (secondary N) is 1. The molecule has 2 aromatic rings. The molecule has 0 radical (unpaired) electrons. The van der Waals surface area contributed by atoms with Gasteiger partial charge >= 0.3 is 0 Å². The molecule has 3 heterocycles. The number of likely N-dealkylation sites (tertiary alicyclic amines) is 1. The lowest BCUT2D eigenvalue weighted by molar-refractivity contribution is -0.127. The van der Waals surface area contributed by atoms with Gasteiger partial charge in [0.25, 0.3) is 5.91 Å². The van der Waals surface area contributed by atoms with Gasteiger partial charge in [0.2, 0.25) is 5.91 Å². The van der Waals surface area contributed by atoms with E-state index in [1.165, 1.54) is 19.3 Å². The number of carbonyl (C=O) groups excluding carboxylic acids is 2. The maximum Gasteiger partial charge on any atom is 0.274 e. The SMILES string of the molecule is Cc1ccn2cc(C(=O)N3CCC[C@H](C(=O)NC4CCCCC4)C3)nc2c1. The minimum atomic E-state index is -0.107. The highest BCUT2D eigenvalue weighted by molar-refractivity contribution is 5.93. The van der Waals surface area contributed by atoms with Crippen molar-refractivity contribution < 1.29 is 9.59 Å². The number of imidazole rings is 1. The van der Waals surface area contributed by atoms with E-state index >= 15 is 0 Å². The molecule has 1 saturated carbocycles. The fourth-order valence-corrected chi connectivity index (χ4v) is 4.29. The van der Waals surface area contributed by atoms with Crippen LogP contribution in [-0.2, 0) is 4.79 Å². The Bertz CT molecular complexity index is 838. The number of carbonyl (C=O) groups is 2. The molecule has 2 aliphatic rings. The first-order valence-electron chi connectivity index (χ1n) is 10.1. The van der Waals surface area contributed by atoms with Crippen LogP contribution < -0.4 is 5.32 Å². The Kier molecular flexibility index (Phi) is 5.14. The molecular formula is C21H28N4O2. The van der Waals surface area contributed by atoms with E-state index < -0.39 is 0 Å². The normalized spacial score (nSPS) is 21.4. The first kappa shape index (κ1) is 18.0. The van der Waals surface area contributed by atoms with Gasteiger partial charge in [-0.15, -0.1) is 0 Å². The maximum absolute atomic E-state index is 12.9. The van der Waals surface area contributed by atoms with Crippen LogP contribution in [0.25, 0.3) is 5.65 Å². The van der Waals surface area contributed by atoms with Crippen molar-refractivity contribution in [2.45, 2.75) is 57.9 Å². The molecule has 2 fully saturated rings. The van der Waals surface area contributed by atoms with Crippen LogP contribution in [0, 0.1) is 12.8 Å². The van der Waals surface area contributed by atoms with Gasteiger partial charge in [-0.1, -0.05) is 19.3 Å². The van der Waals surface area contributed by atoms with Gasteiger partial charge in [0.05, 0.1) is 5.92 Å². The number of pyridine rings is 1. The van der Waals surface area contributed by atoms with Gasteiger partial charge in [0.1, 0.15) is 11.3 Å². The van der Waals surface area contributed by atoms with Crippen LogP contribution >= 0.6 is 0 Å². The lowest BCUT2D eigenvalue weighted by Crippen LogP contribution is -2.48. The summed E-state index contributed by atoms with van der Waals surface area (Å²) in [6.07, 6.45) is 11.3. The largest absolute Gasteiger partial charge is 0.353 e. The molecular weight excluding hydrogens is 340 g/mol. The van der Waals surface area contributed by atoms with E-state index in [9.17, 15) is 9.59 Å². The van der Waals surface area contributed by atoms with Crippen LogP contribution in [0.15, 0.2) is 24.5 Å². The highest BCUT2D eigenvalue weighted by Gasteiger charge is 2.31. The van der Waals surface area contributed by atoms with E-state index in [-0.39, 0.29) is 17.7 Å². The molecule has 2 aromatic heterocycles. The molecule has 6 nitrogen and oxygen atoms in total. The van der Waals surface area contributed by atoms with Crippen molar-refractivity contribution in [3.63, 3.8) is 0 Å². The Balaban J connectivity index is 1.41. The topological polar surface area (TPSA) is 66.7 Å². The van der Waals surface area contributed by atoms with Crippen LogP contribution in [0.2, 0.25) is 0 Å². The Morgan fingerprint density at radius 2 is 1.96 bits per heavy atom. The highest BCUT2D eigenvalue weighted by Crippen LogP contribution is 2.22. The second-order valence-electron chi connectivity index (χ2n) is 8.03. The van der Waals surface area contributed by atoms with Crippen LogP contribution in [0.1, 0.15) is 61.0 Å². The predicted octanol–water partition coefficient (Wildman–Crippen LogP) is 2.94. The number of hydrogen-bond donors (Lipinski definition) is 1. The molecule has 1 aliphatic heterocycles. The van der Waals surface area contributed by atoms with Gasteiger partial charge < -0.3 is 14.6 Å². The van der Waals surface area contributed by atoms with Gasteiger partial charge in [-0.25, -0.2) is 4.98 Å². The lowest BCUT2D eigenvalue weighted by atomic mass is 9.93. The van der Waals surface area contributed by atoms with E-state index in [1.54, 1.807) is 11.1 Å². The monoisotopic (exact) mass is 368 g/mol. The van der Waals surface area contributed by atoms with Crippen molar-refractivity contribution in [1.82, 2.24) is 19.6 Å². The summed E-state index contributed by atoms with van der Waals surface area (Å²) < 4.78 is 1.87. The molecule has 0 aromatic carbocycles. The summed E-state index contributed by atoms with van der Waals surface area (Å²) in [6, 6.07) is 4.28. The highest BCUT2D eigenvalue weighted by atomic mass is 16.2. The third-order valence-electron chi connectivity index (χ3n) is 5.87. The Morgan fingerprint density at radius 1 is 1.15 bits per heavy atom. The van der Waals surface area contributed by atoms with Crippen molar-refractivity contribution in [1.29, 1.82) is 0 Å². The molecule has 27 heavy (non-hydrogen) atoms. The molecule has 0 bridgehead atoms. The lowest BCUT2D eigenvalue weighted by Gasteiger charge is -2.33. The van der Waals surface area contributed by atoms with Crippen LogP contribution in [0.4, 0.5) is 0 Å². The number of aryl methyl sites for hydroxylation is 1. The minimum absolute atomic E-state index is 0.0773. The quantitative estimate of drug-likeness (QED) is 0.906. The molecule has 1 N–H and O–H groups in total. The molecule has 0 spiro atoms. The van der Waals surface area contributed by atoms with Gasteiger partial charge in [-0.3, -0.25) is 9.59 Å². The summed E-state index contributed by atoms with van der Waals surface area (Å²) in [7, 11) is 0. The number of piperidine rings is 1. The number of aromatic nitrogens is 2. The summed E-state index contributed by atoms with van der Waals surface area (Å²) in [5.74, 6) is -0.0690. The fourth-order valence-electron chi connectivity index (χ4n) is 4.29. The van der Waals surface area contributed by atoms with Crippen molar-refractivity contribution in [3.8, 4) is 0 Å². The first-order valence-corrected chi connectivity index (χ1v) is 10.1. The number of fused-ring (bicyclic) bond motifs is 1. The van der Waals surface area contributed by atoms with E-state index in [4.69, 9.17) is 0 Å². The summed E-state index contributed by atoms with van der Waals surface area (Å²) in [6.45, 7) is 3.19. The van der Waals surface area contributed by atoms with E-state index in [2.05, 4.69) is 10.3 Å². The molecule has 1 aliphatic carbocycles. The Labute approximate surface area is 159 Å². The zero-order chi connectivity index (χ0) is 18.8. The third-order valence-corrected chi connectivity index (χ3v) is 5.87. The zero-order valence-electron chi connectivity index (χ0n) is 16.0. The van der Waals surface area contributed by atoms with Crippen molar-refractivity contribution >= 4 is 17.5 Å². The average Bonchev–Trinajstić information content (AvgIpc) is 3.11. The molecule has 1 saturated heterocycles. The van der Waals surface area contributed by atoms with Crippen LogP contribution in [-0.4, -0.2) is 45.2 Å². The molecule has 144 valence electrons. The van der Waals surface area contributed by atoms with Crippen LogP contribution in [0.3, 0.4) is 0 Å². The van der Waals surface area contributed by atoms with Crippen molar-refractivity contribution in [2.75, 3.05) is 13.1 Å². The number of amides is 2. The van der Waals surface area contributed by atoms with E-state index in [0.29, 0.717) is 24.8 Å². The summed E-state index contributed by atoms with van der Waals surface area (Å²) in [4.78, 5) is 31.9.